The Kier molecular flexibility index (Phi) is 5.51. The van der Waals surface area contributed by atoms with E-state index in [0.29, 0.717) is 6.61 Å². The lowest BCUT2D eigenvalue weighted by Crippen LogP contribution is -2.34. The van der Waals surface area contributed by atoms with Crippen LogP contribution in [-0.2, 0) is 21.4 Å². The molecule has 8 heteroatoms. The first-order chi connectivity index (χ1) is 9.87. The van der Waals surface area contributed by atoms with Crippen molar-refractivity contribution in [3.8, 4) is 0 Å². The Morgan fingerprint density at radius 1 is 1.43 bits per heavy atom. The highest BCUT2D eigenvalue weighted by molar-refractivity contribution is 7.89. The van der Waals surface area contributed by atoms with E-state index in [1.807, 2.05) is 0 Å². The molecule has 1 aliphatic rings. The van der Waals surface area contributed by atoms with Gasteiger partial charge < -0.3 is 9.84 Å². The molecular weight excluding hydrogens is 337 g/mol. The monoisotopic (exact) mass is 353 g/mol. The summed E-state index contributed by atoms with van der Waals surface area (Å²) < 4.78 is 31.8. The highest BCUT2D eigenvalue weighted by Gasteiger charge is 2.29. The van der Waals surface area contributed by atoms with Crippen LogP contribution in [0.25, 0.3) is 0 Å². The molecule has 0 amide bonds. The first kappa shape index (κ1) is 17.0. The van der Waals surface area contributed by atoms with E-state index in [-0.39, 0.29) is 33.2 Å². The first-order valence-corrected chi connectivity index (χ1v) is 8.73. The third kappa shape index (κ3) is 3.52. The molecule has 0 aliphatic carbocycles. The highest BCUT2D eigenvalue weighted by atomic mass is 35.5. The predicted molar refractivity (Wildman–Crippen MR) is 81.2 cm³/mol. The van der Waals surface area contributed by atoms with E-state index in [9.17, 15) is 13.5 Å². The van der Waals surface area contributed by atoms with Crippen LogP contribution in [0, 0.1) is 0 Å². The summed E-state index contributed by atoms with van der Waals surface area (Å²) >= 11 is 12.0. The molecule has 1 atom stereocenters. The molecule has 5 nitrogen and oxygen atoms in total. The molecule has 0 radical (unpaired) electrons. The second-order valence-corrected chi connectivity index (χ2v) is 7.72. The number of likely N-dealkylation sites (N-methyl/N-ethyl adjacent to an activating group) is 1. The fourth-order valence-corrected chi connectivity index (χ4v) is 4.33. The molecule has 1 unspecified atom stereocenters. The summed E-state index contributed by atoms with van der Waals surface area (Å²) in [5, 5.41) is 9.46. The maximum Gasteiger partial charge on any atom is 0.244 e. The fourth-order valence-electron chi connectivity index (χ4n) is 2.26. The van der Waals surface area contributed by atoms with Crippen molar-refractivity contribution in [2.45, 2.75) is 30.4 Å². The topological polar surface area (TPSA) is 66.8 Å². The first-order valence-electron chi connectivity index (χ1n) is 6.53. The molecule has 1 saturated heterocycles. The van der Waals surface area contributed by atoms with Crippen LogP contribution >= 0.6 is 23.2 Å². The van der Waals surface area contributed by atoms with Gasteiger partial charge in [-0.25, -0.2) is 8.42 Å². The summed E-state index contributed by atoms with van der Waals surface area (Å²) in [5.41, 5.74) is 0.213. The summed E-state index contributed by atoms with van der Waals surface area (Å²) in [7, 11) is -2.27. The molecule has 0 saturated carbocycles. The Morgan fingerprint density at radius 3 is 2.71 bits per heavy atom. The number of sulfonamides is 1. The van der Waals surface area contributed by atoms with Crippen molar-refractivity contribution in [3.05, 3.63) is 27.7 Å². The number of hydrogen-bond donors (Lipinski definition) is 1. The zero-order valence-corrected chi connectivity index (χ0v) is 13.9. The zero-order chi connectivity index (χ0) is 15.6. The Labute approximate surface area is 134 Å². The lowest BCUT2D eigenvalue weighted by atomic mass is 10.2. The van der Waals surface area contributed by atoms with Crippen LogP contribution in [0.3, 0.4) is 0 Å². The predicted octanol–water partition coefficient (Wildman–Crippen LogP) is 2.29. The number of aliphatic hydroxyl groups excluding tert-OH is 1. The molecule has 1 heterocycles. The van der Waals surface area contributed by atoms with E-state index in [1.165, 1.54) is 23.5 Å². The van der Waals surface area contributed by atoms with Gasteiger partial charge in [-0.05, 0) is 25.0 Å². The van der Waals surface area contributed by atoms with Gasteiger partial charge in [0.2, 0.25) is 10.0 Å². The Hall–Kier alpha value is -0.370. The smallest absolute Gasteiger partial charge is 0.244 e. The molecule has 1 aromatic rings. The van der Waals surface area contributed by atoms with Crippen molar-refractivity contribution >= 4 is 33.2 Å². The van der Waals surface area contributed by atoms with Crippen LogP contribution in [0.4, 0.5) is 0 Å². The lowest BCUT2D eigenvalue weighted by molar-refractivity contribution is 0.0979. The highest BCUT2D eigenvalue weighted by Crippen LogP contribution is 2.32. The molecule has 1 N–H and O–H groups in total. The normalized spacial score (nSPS) is 19.4. The van der Waals surface area contributed by atoms with Crippen molar-refractivity contribution < 1.29 is 18.3 Å². The van der Waals surface area contributed by atoms with Gasteiger partial charge in [0, 0.05) is 30.8 Å². The van der Waals surface area contributed by atoms with Gasteiger partial charge in [-0.1, -0.05) is 23.2 Å². The molecule has 0 aromatic heterocycles. The Balaban J connectivity index is 2.30. The SMILES string of the molecule is CN(CC1CCCO1)S(=O)(=O)c1ccc(Cl)c(CO)c1Cl. The van der Waals surface area contributed by atoms with Crippen LogP contribution in [0.1, 0.15) is 18.4 Å². The lowest BCUT2D eigenvalue weighted by Gasteiger charge is -2.21. The average Bonchev–Trinajstić information content (AvgIpc) is 2.91. The molecular formula is C13H17Cl2NO4S. The number of benzene rings is 1. The van der Waals surface area contributed by atoms with Crippen molar-refractivity contribution in [1.82, 2.24) is 4.31 Å². The molecule has 118 valence electrons. The third-order valence-electron chi connectivity index (χ3n) is 3.48. The molecule has 0 spiro atoms. The molecule has 21 heavy (non-hydrogen) atoms. The van der Waals surface area contributed by atoms with Gasteiger partial charge in [0.15, 0.2) is 0 Å². The second kappa shape index (κ2) is 6.81. The Bertz CT molecular complexity index is 615. The largest absolute Gasteiger partial charge is 0.392 e. The maximum absolute atomic E-state index is 12.6. The summed E-state index contributed by atoms with van der Waals surface area (Å²) in [4.78, 5) is -0.0573. The Morgan fingerprint density at radius 2 is 2.14 bits per heavy atom. The van der Waals surface area contributed by atoms with Gasteiger partial charge in [-0.2, -0.15) is 4.31 Å². The van der Waals surface area contributed by atoms with E-state index in [0.717, 1.165) is 12.8 Å². The maximum atomic E-state index is 12.6. The molecule has 1 aromatic carbocycles. The minimum absolute atomic E-state index is 0.0378. The minimum atomic E-state index is -3.75. The summed E-state index contributed by atoms with van der Waals surface area (Å²) in [5.74, 6) is 0. The van der Waals surface area contributed by atoms with Gasteiger partial charge in [0.25, 0.3) is 0 Å². The number of rotatable bonds is 5. The van der Waals surface area contributed by atoms with Gasteiger partial charge in [0.1, 0.15) is 4.90 Å². The number of ether oxygens (including phenoxy) is 1. The second-order valence-electron chi connectivity index (χ2n) is 4.92. The van der Waals surface area contributed by atoms with Gasteiger partial charge >= 0.3 is 0 Å². The van der Waals surface area contributed by atoms with Gasteiger partial charge in [-0.3, -0.25) is 0 Å². The minimum Gasteiger partial charge on any atom is -0.392 e. The van der Waals surface area contributed by atoms with Crippen LogP contribution in [-0.4, -0.2) is 44.1 Å². The van der Waals surface area contributed by atoms with E-state index >= 15 is 0 Å². The standard InChI is InChI=1S/C13H17Cl2NO4S/c1-16(7-9-3-2-6-20-9)21(18,19)12-5-4-11(14)10(8-17)13(12)15/h4-5,9,17H,2-3,6-8H2,1H3. The van der Waals surface area contributed by atoms with Crippen LogP contribution in [0.15, 0.2) is 17.0 Å². The van der Waals surface area contributed by atoms with Crippen molar-refractivity contribution in [2.75, 3.05) is 20.2 Å². The molecule has 1 fully saturated rings. The number of aliphatic hydroxyl groups is 1. The van der Waals surface area contributed by atoms with Crippen LogP contribution in [0.5, 0.6) is 0 Å². The van der Waals surface area contributed by atoms with Crippen LogP contribution < -0.4 is 0 Å². The van der Waals surface area contributed by atoms with Crippen molar-refractivity contribution in [2.24, 2.45) is 0 Å². The van der Waals surface area contributed by atoms with Gasteiger partial charge in [0.05, 0.1) is 17.7 Å². The van der Waals surface area contributed by atoms with Gasteiger partial charge in [-0.15, -0.1) is 0 Å². The molecule has 1 aliphatic heterocycles. The average molecular weight is 354 g/mol. The number of hydrogen-bond acceptors (Lipinski definition) is 4. The summed E-state index contributed by atoms with van der Waals surface area (Å²) in [6.45, 7) is 0.515. The van der Waals surface area contributed by atoms with E-state index in [4.69, 9.17) is 27.9 Å². The van der Waals surface area contributed by atoms with E-state index in [1.54, 1.807) is 0 Å². The van der Waals surface area contributed by atoms with E-state index < -0.39 is 16.6 Å². The quantitative estimate of drug-likeness (QED) is 0.881. The fraction of sp³-hybridized carbons (Fsp3) is 0.538. The summed E-state index contributed by atoms with van der Waals surface area (Å²) in [6.07, 6.45) is 1.69. The third-order valence-corrected chi connectivity index (χ3v) is 6.25. The molecule has 0 bridgehead atoms. The molecule has 2 rings (SSSR count). The number of halogens is 2. The zero-order valence-electron chi connectivity index (χ0n) is 11.6. The summed E-state index contributed by atoms with van der Waals surface area (Å²) in [6, 6.07) is 2.77. The van der Waals surface area contributed by atoms with Crippen molar-refractivity contribution in [3.63, 3.8) is 0 Å². The number of nitrogens with zero attached hydrogens (tertiary/aromatic N) is 1. The van der Waals surface area contributed by atoms with Crippen molar-refractivity contribution in [1.29, 1.82) is 0 Å². The van der Waals surface area contributed by atoms with Crippen LogP contribution in [0.2, 0.25) is 10.0 Å². The van der Waals surface area contributed by atoms with E-state index in [2.05, 4.69) is 0 Å².